The second-order valence-corrected chi connectivity index (χ2v) is 3.68. The highest BCUT2D eigenvalue weighted by Crippen LogP contribution is 2.36. The van der Waals surface area contributed by atoms with E-state index in [0.29, 0.717) is 18.9 Å². The molecule has 1 aliphatic rings. The molecule has 1 unspecified atom stereocenters. The van der Waals surface area contributed by atoms with Crippen LogP contribution < -0.4 is 5.32 Å². The topological polar surface area (TPSA) is 52.9 Å². The van der Waals surface area contributed by atoms with Crippen molar-refractivity contribution in [1.29, 1.82) is 5.26 Å². The molecule has 1 aliphatic carbocycles. The molecule has 1 N–H and O–H groups in total. The summed E-state index contributed by atoms with van der Waals surface area (Å²) in [5.74, 6) is 0.943. The molecule has 72 valence electrons. The van der Waals surface area contributed by atoms with Crippen LogP contribution in [0.1, 0.15) is 32.6 Å². The van der Waals surface area contributed by atoms with Crippen LogP contribution in [0.25, 0.3) is 0 Å². The van der Waals surface area contributed by atoms with E-state index in [1.165, 1.54) is 12.8 Å². The van der Waals surface area contributed by atoms with Crippen molar-refractivity contribution >= 4 is 5.91 Å². The number of amides is 1. The van der Waals surface area contributed by atoms with Gasteiger partial charge in [0.15, 0.2) is 0 Å². The van der Waals surface area contributed by atoms with Crippen molar-refractivity contribution in [3.63, 3.8) is 0 Å². The van der Waals surface area contributed by atoms with Gasteiger partial charge < -0.3 is 5.32 Å². The first-order valence-electron chi connectivity index (χ1n) is 4.90. The highest BCUT2D eigenvalue weighted by molar-refractivity contribution is 5.78. The van der Waals surface area contributed by atoms with E-state index in [4.69, 9.17) is 5.26 Å². The van der Waals surface area contributed by atoms with Gasteiger partial charge in [-0.3, -0.25) is 4.79 Å². The molecule has 0 bridgehead atoms. The number of carbonyl (C=O) groups is 1. The van der Waals surface area contributed by atoms with Crippen LogP contribution >= 0.6 is 0 Å². The summed E-state index contributed by atoms with van der Waals surface area (Å²) < 4.78 is 0. The Morgan fingerprint density at radius 1 is 1.69 bits per heavy atom. The molecule has 1 saturated carbocycles. The van der Waals surface area contributed by atoms with E-state index in [0.717, 1.165) is 6.42 Å². The lowest BCUT2D eigenvalue weighted by molar-refractivity contribution is -0.125. The van der Waals surface area contributed by atoms with Gasteiger partial charge in [-0.2, -0.15) is 5.26 Å². The van der Waals surface area contributed by atoms with Gasteiger partial charge in [-0.1, -0.05) is 6.92 Å². The Labute approximate surface area is 79.1 Å². The molecule has 13 heavy (non-hydrogen) atoms. The smallest absolute Gasteiger partial charge is 0.223 e. The number of unbranched alkanes of at least 4 members (excludes halogenated alkanes) is 1. The third-order valence-electron chi connectivity index (χ3n) is 2.51. The number of rotatable bonds is 5. The number of nitrogens with zero attached hydrogens (tertiary/aromatic N) is 1. The summed E-state index contributed by atoms with van der Waals surface area (Å²) in [4.78, 5) is 11.4. The van der Waals surface area contributed by atoms with Crippen molar-refractivity contribution in [1.82, 2.24) is 5.32 Å². The first-order chi connectivity index (χ1) is 6.25. The lowest BCUT2D eigenvalue weighted by atomic mass is 10.1. The van der Waals surface area contributed by atoms with Gasteiger partial charge in [0, 0.05) is 18.9 Å². The largest absolute Gasteiger partial charge is 0.356 e. The van der Waals surface area contributed by atoms with Gasteiger partial charge in [-0.15, -0.1) is 0 Å². The predicted molar refractivity (Wildman–Crippen MR) is 49.7 cm³/mol. The van der Waals surface area contributed by atoms with Crippen molar-refractivity contribution in [2.24, 2.45) is 11.8 Å². The molecule has 0 radical (unpaired) electrons. The Bertz CT molecular complexity index is 215. The molecule has 0 aromatic carbocycles. The third-order valence-corrected chi connectivity index (χ3v) is 2.51. The predicted octanol–water partition coefficient (Wildman–Crippen LogP) is 1.45. The van der Waals surface area contributed by atoms with Gasteiger partial charge in [-0.05, 0) is 25.2 Å². The third kappa shape index (κ3) is 3.45. The molecule has 0 saturated heterocycles. The normalized spacial score (nSPS) is 17.5. The molecular formula is C10H16N2O. The number of nitrogens with one attached hydrogen (secondary N) is 1. The Balaban J connectivity index is 2.06. The SMILES string of the molecule is CC(C(=O)NCCCC#N)C1CC1. The van der Waals surface area contributed by atoms with E-state index in [1.54, 1.807) is 0 Å². The van der Waals surface area contributed by atoms with Crippen molar-refractivity contribution < 1.29 is 4.79 Å². The second-order valence-electron chi connectivity index (χ2n) is 3.68. The molecule has 1 fully saturated rings. The number of hydrogen-bond acceptors (Lipinski definition) is 2. The molecular weight excluding hydrogens is 164 g/mol. The monoisotopic (exact) mass is 180 g/mol. The average Bonchev–Trinajstić information content (AvgIpc) is 2.94. The summed E-state index contributed by atoms with van der Waals surface area (Å²) in [6, 6.07) is 2.05. The maximum absolute atomic E-state index is 11.4. The summed E-state index contributed by atoms with van der Waals surface area (Å²) in [6.07, 6.45) is 3.69. The van der Waals surface area contributed by atoms with Gasteiger partial charge in [-0.25, -0.2) is 0 Å². The Hall–Kier alpha value is -1.04. The van der Waals surface area contributed by atoms with Crippen molar-refractivity contribution in [2.45, 2.75) is 32.6 Å². The van der Waals surface area contributed by atoms with Gasteiger partial charge in [0.25, 0.3) is 0 Å². The van der Waals surface area contributed by atoms with Crippen molar-refractivity contribution in [3.05, 3.63) is 0 Å². The summed E-state index contributed by atoms with van der Waals surface area (Å²) in [7, 11) is 0. The van der Waals surface area contributed by atoms with Gasteiger partial charge in [0.1, 0.15) is 0 Å². The minimum Gasteiger partial charge on any atom is -0.356 e. The zero-order chi connectivity index (χ0) is 9.68. The fourth-order valence-corrected chi connectivity index (χ4v) is 1.35. The molecule has 0 aromatic heterocycles. The Morgan fingerprint density at radius 3 is 2.92 bits per heavy atom. The van der Waals surface area contributed by atoms with Crippen LogP contribution in [-0.4, -0.2) is 12.5 Å². The minimum absolute atomic E-state index is 0.153. The van der Waals surface area contributed by atoms with Crippen LogP contribution in [-0.2, 0) is 4.79 Å². The van der Waals surface area contributed by atoms with E-state index >= 15 is 0 Å². The van der Waals surface area contributed by atoms with E-state index in [1.807, 2.05) is 6.92 Å². The van der Waals surface area contributed by atoms with E-state index < -0.39 is 0 Å². The Morgan fingerprint density at radius 2 is 2.38 bits per heavy atom. The molecule has 3 heteroatoms. The standard InChI is InChI=1S/C10H16N2O/c1-8(9-4-5-9)10(13)12-7-3-2-6-11/h8-9H,2-5,7H2,1H3,(H,12,13). The van der Waals surface area contributed by atoms with Crippen LogP contribution in [0.2, 0.25) is 0 Å². The summed E-state index contributed by atoms with van der Waals surface area (Å²) in [6.45, 7) is 2.63. The van der Waals surface area contributed by atoms with E-state index in [9.17, 15) is 4.79 Å². The first-order valence-corrected chi connectivity index (χ1v) is 4.90. The maximum Gasteiger partial charge on any atom is 0.223 e. The molecule has 0 aromatic rings. The number of hydrogen-bond donors (Lipinski definition) is 1. The highest BCUT2D eigenvalue weighted by Gasteiger charge is 2.32. The average molecular weight is 180 g/mol. The van der Waals surface area contributed by atoms with Gasteiger partial charge >= 0.3 is 0 Å². The molecule has 1 rings (SSSR count). The summed E-state index contributed by atoms with van der Waals surface area (Å²) >= 11 is 0. The number of nitriles is 1. The van der Waals surface area contributed by atoms with Gasteiger partial charge in [0.05, 0.1) is 6.07 Å². The molecule has 3 nitrogen and oxygen atoms in total. The Kier molecular flexibility index (Phi) is 3.75. The fraction of sp³-hybridized carbons (Fsp3) is 0.800. The zero-order valence-electron chi connectivity index (χ0n) is 8.05. The molecule has 0 spiro atoms. The molecule has 0 heterocycles. The van der Waals surface area contributed by atoms with Crippen LogP contribution in [0, 0.1) is 23.2 Å². The zero-order valence-corrected chi connectivity index (χ0v) is 8.05. The molecule has 1 amide bonds. The van der Waals surface area contributed by atoms with Crippen LogP contribution in [0.3, 0.4) is 0 Å². The maximum atomic E-state index is 11.4. The minimum atomic E-state index is 0.153. The quantitative estimate of drug-likeness (QED) is 0.651. The van der Waals surface area contributed by atoms with Crippen molar-refractivity contribution in [3.8, 4) is 6.07 Å². The summed E-state index contributed by atoms with van der Waals surface area (Å²) in [5, 5.41) is 11.1. The fourth-order valence-electron chi connectivity index (χ4n) is 1.35. The second kappa shape index (κ2) is 4.86. The molecule has 1 atom stereocenters. The lowest BCUT2D eigenvalue weighted by Crippen LogP contribution is -2.30. The first kappa shape index (κ1) is 10.0. The lowest BCUT2D eigenvalue weighted by Gasteiger charge is -2.09. The van der Waals surface area contributed by atoms with E-state index in [2.05, 4.69) is 11.4 Å². The van der Waals surface area contributed by atoms with Crippen LogP contribution in [0.4, 0.5) is 0 Å². The number of carbonyl (C=O) groups excluding carboxylic acids is 1. The van der Waals surface area contributed by atoms with Crippen molar-refractivity contribution in [2.75, 3.05) is 6.54 Å². The van der Waals surface area contributed by atoms with Crippen LogP contribution in [0.5, 0.6) is 0 Å². The van der Waals surface area contributed by atoms with E-state index in [-0.39, 0.29) is 11.8 Å². The van der Waals surface area contributed by atoms with Gasteiger partial charge in [0.2, 0.25) is 5.91 Å². The van der Waals surface area contributed by atoms with Crippen LogP contribution in [0.15, 0.2) is 0 Å². The summed E-state index contributed by atoms with van der Waals surface area (Å²) in [5.41, 5.74) is 0. The molecule has 0 aliphatic heterocycles. The highest BCUT2D eigenvalue weighted by atomic mass is 16.1.